The number of hydrogen-bond acceptors (Lipinski definition) is 4. The first-order valence-electron chi connectivity index (χ1n) is 10.5. The Labute approximate surface area is 175 Å². The Hall–Kier alpha value is -3.09. The normalized spacial score (nSPS) is 17.6. The standard InChI is InChI=1S/C23H27N3O4/c1-30-19-9-8-17-13-16(6-7-18(17)14-19)15-24-20(27)5-4-12-26-21(28)23(25-22(26)29)10-2-3-11-23/h6-9,13-14H,2-5,10-12,15H2,1H3,(H,24,27)(H,25,29). The molecule has 158 valence electrons. The average molecular weight is 409 g/mol. The maximum atomic E-state index is 12.6. The van der Waals surface area contributed by atoms with E-state index in [0.717, 1.165) is 34.9 Å². The molecule has 0 radical (unpaired) electrons. The van der Waals surface area contributed by atoms with Crippen LogP contribution in [0.15, 0.2) is 36.4 Å². The van der Waals surface area contributed by atoms with Gasteiger partial charge in [-0.15, -0.1) is 0 Å². The number of hydrogen-bond donors (Lipinski definition) is 2. The largest absolute Gasteiger partial charge is 0.497 e. The van der Waals surface area contributed by atoms with Crippen molar-refractivity contribution in [2.75, 3.05) is 13.7 Å². The van der Waals surface area contributed by atoms with Crippen LogP contribution in [-0.4, -0.2) is 41.9 Å². The van der Waals surface area contributed by atoms with E-state index in [-0.39, 0.29) is 30.8 Å². The first-order chi connectivity index (χ1) is 14.5. The zero-order chi connectivity index (χ0) is 21.1. The lowest BCUT2D eigenvalue weighted by atomic mass is 9.98. The maximum Gasteiger partial charge on any atom is 0.325 e. The maximum absolute atomic E-state index is 12.6. The van der Waals surface area contributed by atoms with Gasteiger partial charge in [-0.1, -0.05) is 31.0 Å². The number of benzene rings is 2. The van der Waals surface area contributed by atoms with Crippen molar-refractivity contribution in [1.82, 2.24) is 15.5 Å². The smallest absolute Gasteiger partial charge is 0.325 e. The molecule has 2 aliphatic rings. The highest BCUT2D eigenvalue weighted by atomic mass is 16.5. The first-order valence-corrected chi connectivity index (χ1v) is 10.5. The SMILES string of the molecule is COc1ccc2cc(CNC(=O)CCCN3C(=O)NC4(CCCC4)C3=O)ccc2c1. The van der Waals surface area contributed by atoms with Gasteiger partial charge in [-0.3, -0.25) is 14.5 Å². The molecule has 4 amide bonds. The lowest BCUT2D eigenvalue weighted by molar-refractivity contribution is -0.131. The van der Waals surface area contributed by atoms with Crippen LogP contribution in [0.2, 0.25) is 0 Å². The highest BCUT2D eigenvalue weighted by Crippen LogP contribution is 2.35. The van der Waals surface area contributed by atoms with Gasteiger partial charge in [-0.05, 0) is 53.8 Å². The molecule has 0 aromatic heterocycles. The summed E-state index contributed by atoms with van der Waals surface area (Å²) in [5, 5.41) is 7.95. The van der Waals surface area contributed by atoms with E-state index in [0.29, 0.717) is 25.8 Å². The molecule has 2 fully saturated rings. The second-order valence-electron chi connectivity index (χ2n) is 8.10. The fraction of sp³-hybridized carbons (Fsp3) is 0.435. The number of carbonyl (C=O) groups excluding carboxylic acids is 3. The minimum absolute atomic E-state index is 0.0903. The number of carbonyl (C=O) groups is 3. The van der Waals surface area contributed by atoms with Crippen molar-refractivity contribution in [2.45, 2.75) is 50.6 Å². The molecule has 1 heterocycles. The molecular formula is C23H27N3O4. The van der Waals surface area contributed by atoms with Gasteiger partial charge < -0.3 is 15.4 Å². The van der Waals surface area contributed by atoms with Crippen molar-refractivity contribution in [1.29, 1.82) is 0 Å². The summed E-state index contributed by atoms with van der Waals surface area (Å²) >= 11 is 0. The summed E-state index contributed by atoms with van der Waals surface area (Å²) in [5.74, 6) is 0.596. The molecule has 1 aliphatic heterocycles. The summed E-state index contributed by atoms with van der Waals surface area (Å²) in [5.41, 5.74) is 0.331. The van der Waals surface area contributed by atoms with Crippen LogP contribution in [0.4, 0.5) is 4.79 Å². The van der Waals surface area contributed by atoms with Crippen molar-refractivity contribution < 1.29 is 19.1 Å². The van der Waals surface area contributed by atoms with Gasteiger partial charge in [0, 0.05) is 19.5 Å². The highest BCUT2D eigenvalue weighted by molar-refractivity contribution is 6.07. The van der Waals surface area contributed by atoms with Crippen LogP contribution in [0.3, 0.4) is 0 Å². The summed E-state index contributed by atoms with van der Waals surface area (Å²) < 4.78 is 5.24. The number of rotatable bonds is 7. The summed E-state index contributed by atoms with van der Waals surface area (Å²) in [7, 11) is 1.64. The van der Waals surface area contributed by atoms with Crippen LogP contribution < -0.4 is 15.4 Å². The molecule has 1 spiro atoms. The Balaban J connectivity index is 1.25. The highest BCUT2D eigenvalue weighted by Gasteiger charge is 2.51. The molecule has 2 aromatic rings. The molecule has 0 bridgehead atoms. The molecule has 1 aliphatic carbocycles. The third-order valence-corrected chi connectivity index (χ3v) is 6.09. The third-order valence-electron chi connectivity index (χ3n) is 6.09. The monoisotopic (exact) mass is 409 g/mol. The summed E-state index contributed by atoms with van der Waals surface area (Å²) in [6, 6.07) is 11.6. The predicted octanol–water partition coefficient (Wildman–Crippen LogP) is 3.11. The lowest BCUT2D eigenvalue weighted by Gasteiger charge is -2.19. The molecule has 7 nitrogen and oxygen atoms in total. The van der Waals surface area contributed by atoms with E-state index in [1.807, 2.05) is 36.4 Å². The first kappa shape index (κ1) is 20.2. The Morgan fingerprint density at radius 3 is 2.63 bits per heavy atom. The van der Waals surface area contributed by atoms with E-state index in [1.54, 1.807) is 7.11 Å². The van der Waals surface area contributed by atoms with Crippen molar-refractivity contribution in [2.24, 2.45) is 0 Å². The molecule has 0 atom stereocenters. The van der Waals surface area contributed by atoms with Crippen molar-refractivity contribution in [3.05, 3.63) is 42.0 Å². The fourth-order valence-electron chi connectivity index (χ4n) is 4.39. The molecule has 1 saturated heterocycles. The second kappa shape index (κ2) is 8.34. The van der Waals surface area contributed by atoms with E-state index >= 15 is 0 Å². The predicted molar refractivity (Wildman–Crippen MR) is 113 cm³/mol. The summed E-state index contributed by atoms with van der Waals surface area (Å²) in [6.45, 7) is 0.713. The van der Waals surface area contributed by atoms with Gasteiger partial charge in [0.1, 0.15) is 11.3 Å². The zero-order valence-corrected chi connectivity index (χ0v) is 17.2. The third kappa shape index (κ3) is 3.97. The van der Waals surface area contributed by atoms with Gasteiger partial charge in [0.2, 0.25) is 5.91 Å². The average Bonchev–Trinajstić information content (AvgIpc) is 3.31. The quantitative estimate of drug-likeness (QED) is 0.688. The molecule has 30 heavy (non-hydrogen) atoms. The van der Waals surface area contributed by atoms with Gasteiger partial charge in [-0.25, -0.2) is 4.79 Å². The Bertz CT molecular complexity index is 982. The minimum Gasteiger partial charge on any atom is -0.497 e. The van der Waals surface area contributed by atoms with Crippen LogP contribution in [0.5, 0.6) is 5.75 Å². The molecule has 0 unspecified atom stereocenters. The lowest BCUT2D eigenvalue weighted by Crippen LogP contribution is -2.44. The number of nitrogens with one attached hydrogen (secondary N) is 2. The second-order valence-corrected chi connectivity index (χ2v) is 8.10. The van der Waals surface area contributed by atoms with Crippen LogP contribution in [0.1, 0.15) is 44.1 Å². The number of urea groups is 1. The number of imide groups is 1. The molecule has 2 aromatic carbocycles. The van der Waals surface area contributed by atoms with Gasteiger partial charge >= 0.3 is 6.03 Å². The van der Waals surface area contributed by atoms with Gasteiger partial charge in [0.05, 0.1) is 7.11 Å². The van der Waals surface area contributed by atoms with Gasteiger partial charge in [-0.2, -0.15) is 0 Å². The fourth-order valence-corrected chi connectivity index (χ4v) is 4.39. The van der Waals surface area contributed by atoms with Crippen LogP contribution >= 0.6 is 0 Å². The van der Waals surface area contributed by atoms with E-state index < -0.39 is 5.54 Å². The topological polar surface area (TPSA) is 87.7 Å². The molecule has 2 N–H and O–H groups in total. The van der Waals surface area contributed by atoms with Crippen molar-refractivity contribution in [3.8, 4) is 5.75 Å². The van der Waals surface area contributed by atoms with Crippen LogP contribution in [0, 0.1) is 0 Å². The zero-order valence-electron chi connectivity index (χ0n) is 17.2. The molecule has 4 rings (SSSR count). The molecular weight excluding hydrogens is 382 g/mol. The number of methoxy groups -OCH3 is 1. The van der Waals surface area contributed by atoms with Crippen molar-refractivity contribution in [3.63, 3.8) is 0 Å². The van der Waals surface area contributed by atoms with E-state index in [1.165, 1.54) is 4.90 Å². The minimum atomic E-state index is -0.681. The Morgan fingerprint density at radius 2 is 1.87 bits per heavy atom. The summed E-state index contributed by atoms with van der Waals surface area (Å²) in [4.78, 5) is 38.3. The van der Waals surface area contributed by atoms with E-state index in [2.05, 4.69) is 10.6 Å². The van der Waals surface area contributed by atoms with Gasteiger partial charge in [0.15, 0.2) is 0 Å². The van der Waals surface area contributed by atoms with Gasteiger partial charge in [0.25, 0.3) is 5.91 Å². The number of amides is 4. The Morgan fingerprint density at radius 1 is 1.13 bits per heavy atom. The van der Waals surface area contributed by atoms with E-state index in [9.17, 15) is 14.4 Å². The Kier molecular flexibility index (Phi) is 5.61. The number of nitrogens with zero attached hydrogens (tertiary/aromatic N) is 1. The number of ether oxygens (including phenoxy) is 1. The van der Waals surface area contributed by atoms with Crippen molar-refractivity contribution >= 4 is 28.6 Å². The molecule has 7 heteroatoms. The molecule has 1 saturated carbocycles. The van der Waals surface area contributed by atoms with Crippen LogP contribution in [-0.2, 0) is 16.1 Å². The number of fused-ring (bicyclic) bond motifs is 1. The van der Waals surface area contributed by atoms with E-state index in [4.69, 9.17) is 4.74 Å². The summed E-state index contributed by atoms with van der Waals surface area (Å²) in [6.07, 6.45) is 4.09. The van der Waals surface area contributed by atoms with Crippen LogP contribution in [0.25, 0.3) is 10.8 Å².